The van der Waals surface area contributed by atoms with E-state index < -0.39 is 0 Å². The highest BCUT2D eigenvalue weighted by Gasteiger charge is 2.16. The van der Waals surface area contributed by atoms with Crippen LogP contribution in [0.5, 0.6) is 0 Å². The van der Waals surface area contributed by atoms with E-state index in [-0.39, 0.29) is 106 Å². The van der Waals surface area contributed by atoms with Crippen molar-refractivity contribution in [1.82, 2.24) is 32.0 Å². The third-order valence-electron chi connectivity index (χ3n) is 18.7. The molecule has 112 heavy (non-hydrogen) atoms. The number of hydrogen-bond donors (Lipinski definition) is 0. The Balaban J connectivity index is 0.000000121. The SMILES string of the molecule is Cn1c2ccc(I)cc2c2cc(I)ccc21.[2H]c1c(Br)c([2H])c2c3c([2H])c(Br)c([2H])c([2H])c3n(C)c2c1[2H].[2H]c1c(I)c([2H])c2c3c([2H])c(I)c([2H])c([2H])c3n(C)c2c1[2H].[2H]c1cc2c(c([2H])c1Br)c1c([2H])c(Br)c([2H])cc1n2C.[2H]c1cc2c(c([2H])c1I)c1c([2H])c(I)c([2H])cc1n2C.[2H]c1cc2c(cc1Br)c1cc(Br)c([2H])cc1n2C.[2H]c1cc2c(cc1I)c1cc(I)c([2H])cc1n2C. The molecule has 0 fully saturated rings. The first-order chi connectivity index (χ1) is 63.7. The lowest BCUT2D eigenvalue weighted by Gasteiger charge is -1.97. The Morgan fingerprint density at radius 2 is 0.375 bits per heavy atom. The van der Waals surface area contributed by atoms with Crippen molar-refractivity contribution in [3.8, 4) is 0 Å². The molecule has 0 saturated heterocycles. The van der Waals surface area contributed by atoms with Gasteiger partial charge in [-0.25, -0.2) is 0 Å². The van der Waals surface area contributed by atoms with Gasteiger partial charge >= 0.3 is 0 Å². The van der Waals surface area contributed by atoms with Crippen LogP contribution in [0.3, 0.4) is 0 Å². The van der Waals surface area contributed by atoms with Crippen LogP contribution >= 0.6 is 276 Å². The maximum atomic E-state index is 8.29. The average Bonchev–Trinajstić information content (AvgIpc) is 1.54. The summed E-state index contributed by atoms with van der Waals surface area (Å²) in [7, 11) is 13.0. The maximum Gasteiger partial charge on any atom is 0.0645 e. The summed E-state index contributed by atoms with van der Waals surface area (Å²) >= 11 is 36.5. The lowest BCUT2D eigenvalue weighted by molar-refractivity contribution is 1.01. The molecule has 0 N–H and O–H groups in total. The third kappa shape index (κ3) is 17.2. The second kappa shape index (κ2) is 35.4. The van der Waals surface area contributed by atoms with Crippen LogP contribution < -0.4 is 0 Å². The predicted octanol–water partition coefficient (Wildman–Crippen LogP) is 32.7. The first-order valence-electron chi connectivity index (χ1n) is 45.1. The van der Waals surface area contributed by atoms with Crippen LogP contribution in [0.25, 0.3) is 153 Å². The van der Waals surface area contributed by atoms with E-state index in [1.165, 1.54) is 33.5 Å². The van der Waals surface area contributed by atoms with Crippen LogP contribution in [-0.4, -0.2) is 32.0 Å². The Hall–Kier alpha value is -3.60. The zero-order chi connectivity index (χ0) is 99.9. The fraction of sp³-hybridized carbons (Fsp3) is 0.0769. The summed E-state index contributed by atoms with van der Waals surface area (Å²) in [6.07, 6.45) is 0. The van der Waals surface area contributed by atoms with E-state index in [4.69, 9.17) is 32.9 Å². The second-order valence-electron chi connectivity index (χ2n) is 25.2. The van der Waals surface area contributed by atoms with E-state index in [0.717, 1.165) is 81.8 Å². The number of halogens is 14. The fourth-order valence-corrected chi connectivity index (χ4v) is 18.9. The molecule has 14 aromatic carbocycles. The highest BCUT2D eigenvalue weighted by molar-refractivity contribution is 14.1. The Labute approximate surface area is 841 Å². The van der Waals surface area contributed by atoms with Crippen LogP contribution in [0.15, 0.2) is 281 Å². The molecule has 21 aromatic rings. The van der Waals surface area contributed by atoms with Crippen molar-refractivity contribution >= 4 is 429 Å². The Morgan fingerprint density at radius 3 is 0.696 bits per heavy atom. The van der Waals surface area contributed by atoms with Gasteiger partial charge in [-0.15, -0.1) is 0 Å². The molecule has 7 aromatic heterocycles. The van der Waals surface area contributed by atoms with Gasteiger partial charge in [0.25, 0.3) is 0 Å². The van der Waals surface area contributed by atoms with E-state index in [1.807, 2.05) is 169 Å². The molecule has 0 aliphatic rings. The van der Waals surface area contributed by atoms with Crippen molar-refractivity contribution in [2.24, 2.45) is 49.3 Å². The van der Waals surface area contributed by atoms with Crippen LogP contribution in [-0.2, 0) is 49.3 Å². The average molecular weight is 2770 g/mol. The molecular formula is C91H63Br6I8N7. The van der Waals surface area contributed by atoms with Crippen molar-refractivity contribution in [2.75, 3.05) is 0 Å². The number of aryl methyl sites for hydroxylation is 7. The molecule has 0 saturated carbocycles. The molecule has 0 amide bonds. The van der Waals surface area contributed by atoms with Gasteiger partial charge < -0.3 is 32.0 Å². The molecule has 0 radical (unpaired) electrons. The van der Waals surface area contributed by atoms with Gasteiger partial charge in [0, 0.05) is 257 Å². The van der Waals surface area contributed by atoms with Crippen molar-refractivity contribution in [3.63, 3.8) is 0 Å². The molecular weight excluding hydrogens is 2690 g/mol. The summed E-state index contributed by atoms with van der Waals surface area (Å²) in [6, 6.07) is 39.5. The van der Waals surface area contributed by atoms with Gasteiger partial charge in [0.2, 0.25) is 0 Å². The largest absolute Gasteiger partial charge is 0.344 e. The number of hydrogen-bond acceptors (Lipinski definition) is 0. The zero-order valence-corrected chi connectivity index (χ0v) is 85.6. The maximum absolute atomic E-state index is 8.29. The van der Waals surface area contributed by atoms with Crippen molar-refractivity contribution < 1.29 is 32.9 Å². The minimum atomic E-state index is -0.105. The van der Waals surface area contributed by atoms with Gasteiger partial charge in [-0.05, 0) is 435 Å². The van der Waals surface area contributed by atoms with E-state index in [1.54, 1.807) is 42.9 Å². The molecule has 0 unspecified atom stereocenters. The molecule has 0 atom stereocenters. The molecule has 560 valence electrons. The molecule has 0 spiro atoms. The minimum Gasteiger partial charge on any atom is -0.344 e. The molecule has 7 heterocycles. The van der Waals surface area contributed by atoms with E-state index >= 15 is 0 Å². The smallest absolute Gasteiger partial charge is 0.0645 e. The highest BCUT2D eigenvalue weighted by atomic mass is 127. The predicted molar refractivity (Wildman–Crippen MR) is 571 cm³/mol. The normalized spacial score (nSPS) is 14.4. The molecule has 0 bridgehead atoms. The van der Waals surface area contributed by atoms with Gasteiger partial charge in [-0.3, -0.25) is 0 Å². The van der Waals surface area contributed by atoms with Crippen LogP contribution in [0.2, 0.25) is 0 Å². The standard InChI is InChI=1S/3C13H9Br2N.4C13H9I2N/c7*1-16-12-4-2-8(14)6-10(12)11-7-9(15)3-5-13(11)16/h7*2-7H,1H3/i2D,3D,4D,5D,6D,7D;2D,3D,6D,7D;2D,3D;2D,3D,4D,5D,6D,7D;2D,3D,6D,7D;2D,3D;. The molecule has 21 heteroatoms. The number of rotatable bonds is 0. The monoisotopic (exact) mass is 2770 g/mol. The molecule has 7 nitrogen and oxygen atoms in total. The quantitative estimate of drug-likeness (QED) is 0.136. The molecule has 0 aliphatic heterocycles. The summed E-state index contributed by atoms with van der Waals surface area (Å²) < 4.78 is 216. The number of aromatic nitrogens is 7. The first-order valence-corrected chi connectivity index (χ1v) is 46.4. The van der Waals surface area contributed by atoms with Gasteiger partial charge in [0.1, 0.15) is 0 Å². The Bertz CT molecular complexity index is 7930. The summed E-state index contributed by atoms with van der Waals surface area (Å²) in [5, 5.41) is 11.4. The zero-order valence-electron chi connectivity index (χ0n) is 82.8. The van der Waals surface area contributed by atoms with Crippen LogP contribution in [0, 0.1) is 28.6 Å². The highest BCUT2D eigenvalue weighted by Crippen LogP contribution is 2.39. The Kier molecular flexibility index (Phi) is 18.4. The lowest BCUT2D eigenvalue weighted by Crippen LogP contribution is -1.85. The van der Waals surface area contributed by atoms with E-state index in [0.29, 0.717) is 137 Å². The van der Waals surface area contributed by atoms with Gasteiger partial charge in [-0.1, -0.05) is 95.6 Å². The Morgan fingerprint density at radius 1 is 0.179 bits per heavy atom. The third-order valence-corrected chi connectivity index (χ3v) is 26.1. The topological polar surface area (TPSA) is 34.5 Å². The summed E-state index contributed by atoms with van der Waals surface area (Å²) in [4.78, 5) is 0. The van der Waals surface area contributed by atoms with E-state index in [2.05, 4.69) is 251 Å². The van der Waals surface area contributed by atoms with Crippen molar-refractivity contribution in [3.05, 3.63) is 310 Å². The molecule has 21 rings (SSSR count). The van der Waals surface area contributed by atoms with Gasteiger partial charge in [0.05, 0.1) is 32.9 Å². The van der Waals surface area contributed by atoms with Crippen molar-refractivity contribution in [2.45, 2.75) is 0 Å². The van der Waals surface area contributed by atoms with E-state index in [9.17, 15) is 0 Å². The molecule has 0 aliphatic carbocycles. The van der Waals surface area contributed by atoms with Crippen molar-refractivity contribution in [1.29, 1.82) is 0 Å². The van der Waals surface area contributed by atoms with Gasteiger partial charge in [0.15, 0.2) is 0 Å². The summed E-state index contributed by atoms with van der Waals surface area (Å²) in [5.41, 5.74) is 11.1. The fourth-order valence-electron chi connectivity index (χ4n) is 13.4. The summed E-state index contributed by atoms with van der Waals surface area (Å²) in [6.45, 7) is 0. The number of nitrogens with zero attached hydrogens (tertiary/aromatic N) is 7. The van der Waals surface area contributed by atoms with Gasteiger partial charge in [-0.2, -0.15) is 0 Å². The van der Waals surface area contributed by atoms with Crippen LogP contribution in [0.1, 0.15) is 32.9 Å². The number of fused-ring (bicyclic) bond motifs is 21. The minimum absolute atomic E-state index is 0.0131. The number of benzene rings is 14. The first kappa shape index (κ1) is 58.3. The lowest BCUT2D eigenvalue weighted by atomic mass is 10.2. The summed E-state index contributed by atoms with van der Waals surface area (Å²) in [5.74, 6) is 0. The van der Waals surface area contributed by atoms with Crippen LogP contribution in [0.4, 0.5) is 0 Å². The second-order valence-corrected chi connectivity index (χ2v) is 39.2.